The molecule has 2 aliphatic rings. The van der Waals surface area contributed by atoms with Crippen LogP contribution in [-0.4, -0.2) is 65.3 Å². The first-order valence-electron chi connectivity index (χ1n) is 10.8. The van der Waals surface area contributed by atoms with Crippen LogP contribution in [0.1, 0.15) is 37.0 Å². The van der Waals surface area contributed by atoms with Crippen LogP contribution < -0.4 is 15.4 Å². The average molecular weight is 428 g/mol. The van der Waals surface area contributed by atoms with Crippen LogP contribution in [0.25, 0.3) is 0 Å². The van der Waals surface area contributed by atoms with Crippen molar-refractivity contribution in [3.8, 4) is 5.75 Å². The minimum absolute atomic E-state index is 0.211. The Balaban J connectivity index is 1.42. The van der Waals surface area contributed by atoms with Gasteiger partial charge in [0.25, 0.3) is 5.91 Å². The van der Waals surface area contributed by atoms with Crippen molar-refractivity contribution in [1.82, 2.24) is 14.9 Å². The summed E-state index contributed by atoms with van der Waals surface area (Å²) >= 11 is 0. The Hall–Kier alpha value is -2.74. The number of benzene rings is 1. The van der Waals surface area contributed by atoms with Crippen molar-refractivity contribution < 1.29 is 13.9 Å². The van der Waals surface area contributed by atoms with Crippen molar-refractivity contribution in [1.29, 1.82) is 0 Å². The quantitative estimate of drug-likeness (QED) is 0.697. The molecule has 8 heteroatoms. The van der Waals surface area contributed by atoms with Gasteiger partial charge in [-0.05, 0) is 38.8 Å². The van der Waals surface area contributed by atoms with Crippen molar-refractivity contribution in [3.05, 3.63) is 48.4 Å². The summed E-state index contributed by atoms with van der Waals surface area (Å²) in [6.45, 7) is 5.00. The van der Waals surface area contributed by atoms with Crippen molar-refractivity contribution in [2.24, 2.45) is 11.1 Å². The third kappa shape index (κ3) is 4.35. The Bertz CT molecular complexity index is 898. The molecule has 1 saturated heterocycles. The first kappa shape index (κ1) is 21.5. The van der Waals surface area contributed by atoms with Gasteiger partial charge in [-0.15, -0.1) is 0 Å². The molecular formula is C23H30FN5O2. The maximum atomic E-state index is 13.5. The highest BCUT2D eigenvalue weighted by atomic mass is 19.1. The van der Waals surface area contributed by atoms with Crippen molar-refractivity contribution >= 4 is 11.7 Å². The first-order chi connectivity index (χ1) is 14.9. The summed E-state index contributed by atoms with van der Waals surface area (Å²) in [6.07, 6.45) is 5.27. The van der Waals surface area contributed by atoms with Crippen LogP contribution in [-0.2, 0) is 0 Å². The number of nitrogens with zero attached hydrogens (tertiary/aromatic N) is 4. The van der Waals surface area contributed by atoms with E-state index in [1.165, 1.54) is 6.33 Å². The van der Waals surface area contributed by atoms with Gasteiger partial charge in [0, 0.05) is 30.1 Å². The lowest BCUT2D eigenvalue weighted by Gasteiger charge is -2.58. The molecule has 2 fully saturated rings. The molecular weight excluding hydrogens is 397 g/mol. The average Bonchev–Trinajstić information content (AvgIpc) is 2.74. The summed E-state index contributed by atoms with van der Waals surface area (Å²) in [5.74, 6) is 1.12. The van der Waals surface area contributed by atoms with E-state index < -0.39 is 12.7 Å². The van der Waals surface area contributed by atoms with Gasteiger partial charge in [0.2, 0.25) is 0 Å². The number of alkyl halides is 1. The summed E-state index contributed by atoms with van der Waals surface area (Å²) in [5, 5.41) is 0. The highest BCUT2D eigenvalue weighted by molar-refractivity contribution is 5.94. The number of hydrogen-bond donors (Lipinski definition) is 1. The number of carbonyl (C=O) groups is 1. The Morgan fingerprint density at radius 1 is 1.29 bits per heavy atom. The number of hydrogen-bond acceptors (Lipinski definition) is 6. The molecule has 2 unspecified atom stereocenters. The lowest BCUT2D eigenvalue weighted by atomic mass is 9.61. The van der Waals surface area contributed by atoms with Crippen LogP contribution in [0, 0.1) is 5.41 Å². The minimum Gasteiger partial charge on any atom is -0.486 e. The molecule has 1 saturated carbocycles. The second-order valence-electron chi connectivity index (χ2n) is 8.98. The molecule has 0 radical (unpaired) electrons. The molecule has 2 atom stereocenters. The van der Waals surface area contributed by atoms with E-state index >= 15 is 0 Å². The zero-order valence-corrected chi connectivity index (χ0v) is 18.1. The van der Waals surface area contributed by atoms with E-state index in [-0.39, 0.29) is 18.6 Å². The third-order valence-electron chi connectivity index (χ3n) is 6.31. The van der Waals surface area contributed by atoms with Crippen LogP contribution in [0.5, 0.6) is 5.75 Å². The van der Waals surface area contributed by atoms with Crippen molar-refractivity contribution in [2.75, 3.05) is 31.3 Å². The third-order valence-corrected chi connectivity index (χ3v) is 6.31. The van der Waals surface area contributed by atoms with Crippen LogP contribution >= 0.6 is 0 Å². The molecule has 1 aromatic carbocycles. The van der Waals surface area contributed by atoms with Gasteiger partial charge in [0.1, 0.15) is 19.6 Å². The normalized spacial score (nSPS) is 19.3. The summed E-state index contributed by atoms with van der Waals surface area (Å²) in [5.41, 5.74) is 6.82. The van der Waals surface area contributed by atoms with Gasteiger partial charge in [-0.1, -0.05) is 18.2 Å². The smallest absolute Gasteiger partial charge is 0.254 e. The highest BCUT2D eigenvalue weighted by Gasteiger charge is 2.52. The minimum atomic E-state index is -0.624. The fourth-order valence-corrected chi connectivity index (χ4v) is 4.80. The van der Waals surface area contributed by atoms with Gasteiger partial charge in [-0.25, -0.2) is 14.4 Å². The van der Waals surface area contributed by atoms with Gasteiger partial charge in [-0.2, -0.15) is 0 Å². The molecule has 1 spiro atoms. The van der Waals surface area contributed by atoms with Crippen LogP contribution in [0.3, 0.4) is 0 Å². The van der Waals surface area contributed by atoms with Crippen LogP contribution in [0.4, 0.5) is 10.2 Å². The van der Waals surface area contributed by atoms with E-state index in [2.05, 4.69) is 14.9 Å². The number of carbonyl (C=O) groups excluding carboxylic acids is 1. The van der Waals surface area contributed by atoms with Crippen molar-refractivity contribution in [2.45, 2.75) is 44.8 Å². The molecule has 166 valence electrons. The molecule has 1 aromatic heterocycles. The number of ether oxygens (including phenoxy) is 1. The fourth-order valence-electron chi connectivity index (χ4n) is 4.80. The number of aromatic nitrogens is 2. The van der Waals surface area contributed by atoms with Crippen LogP contribution in [0.15, 0.2) is 42.9 Å². The maximum absolute atomic E-state index is 13.5. The Morgan fingerprint density at radius 2 is 2.00 bits per heavy atom. The van der Waals surface area contributed by atoms with Crippen LogP contribution in [0.2, 0.25) is 0 Å². The predicted octanol–water partition coefficient (Wildman–Crippen LogP) is 2.67. The van der Waals surface area contributed by atoms with Gasteiger partial charge < -0.3 is 20.3 Å². The molecule has 31 heavy (non-hydrogen) atoms. The molecule has 4 rings (SSSR count). The number of amides is 1. The van der Waals surface area contributed by atoms with Gasteiger partial charge in [-0.3, -0.25) is 4.79 Å². The second-order valence-corrected chi connectivity index (χ2v) is 8.98. The van der Waals surface area contributed by atoms with E-state index in [9.17, 15) is 9.18 Å². The van der Waals surface area contributed by atoms with Gasteiger partial charge >= 0.3 is 0 Å². The maximum Gasteiger partial charge on any atom is 0.254 e. The number of anilines is 1. The lowest BCUT2D eigenvalue weighted by molar-refractivity contribution is 0.0496. The summed E-state index contributed by atoms with van der Waals surface area (Å²) in [4.78, 5) is 25.3. The first-order valence-corrected chi connectivity index (χ1v) is 10.8. The molecule has 2 N–H and O–H groups in total. The summed E-state index contributed by atoms with van der Waals surface area (Å²) < 4.78 is 19.6. The van der Waals surface area contributed by atoms with Gasteiger partial charge in [0.05, 0.1) is 18.3 Å². The highest BCUT2D eigenvalue weighted by Crippen LogP contribution is 2.49. The number of halogens is 1. The molecule has 1 aliphatic carbocycles. The summed E-state index contributed by atoms with van der Waals surface area (Å²) in [7, 11) is 0. The van der Waals surface area contributed by atoms with E-state index in [1.807, 2.05) is 13.0 Å². The van der Waals surface area contributed by atoms with E-state index in [4.69, 9.17) is 10.5 Å². The molecule has 7 nitrogen and oxygen atoms in total. The Labute approximate surface area is 182 Å². The van der Waals surface area contributed by atoms with Gasteiger partial charge in [0.15, 0.2) is 11.6 Å². The fraction of sp³-hybridized carbons (Fsp3) is 0.522. The molecule has 2 heterocycles. The van der Waals surface area contributed by atoms with Crippen molar-refractivity contribution in [3.63, 3.8) is 0 Å². The molecule has 1 amide bonds. The SMILES string of the molecule is CC(CF)N(C(=O)c1ccccc1)C(C)COc1cncnc1N1CC2(CC(N)C2)C1. The predicted molar refractivity (Wildman–Crippen MR) is 117 cm³/mol. The monoisotopic (exact) mass is 427 g/mol. The van der Waals surface area contributed by atoms with E-state index in [0.29, 0.717) is 22.8 Å². The standard InChI is InChI=1S/C23H30FN5O2/c1-16(10-24)29(22(30)18-6-4-3-5-7-18)17(2)12-31-20-11-26-15-27-21(20)28-13-23(14-28)8-19(25)9-23/h3-7,11,15-17,19H,8-10,12-14,25H2,1-2H3. The zero-order valence-electron chi connectivity index (χ0n) is 18.1. The molecule has 2 aromatic rings. The van der Waals surface area contributed by atoms with E-state index in [1.54, 1.807) is 42.3 Å². The summed E-state index contributed by atoms with van der Waals surface area (Å²) in [6, 6.07) is 8.35. The molecule has 0 bridgehead atoms. The Kier molecular flexibility index (Phi) is 6.09. The van der Waals surface area contributed by atoms with E-state index in [0.717, 1.165) is 31.7 Å². The molecule has 1 aliphatic heterocycles. The largest absolute Gasteiger partial charge is 0.486 e. The topological polar surface area (TPSA) is 84.6 Å². The number of rotatable bonds is 8. The second kappa shape index (κ2) is 8.78. The zero-order chi connectivity index (χ0) is 22.0. The number of nitrogens with two attached hydrogens (primary N) is 1. The Morgan fingerprint density at radius 3 is 2.65 bits per heavy atom. The lowest BCUT2D eigenvalue weighted by Crippen LogP contribution is -2.65.